The third-order valence-electron chi connectivity index (χ3n) is 2.83. The van der Waals surface area contributed by atoms with Crippen molar-refractivity contribution in [1.82, 2.24) is 5.32 Å². The number of amides is 2. The lowest BCUT2D eigenvalue weighted by molar-refractivity contribution is -0.123. The van der Waals surface area contributed by atoms with Crippen LogP contribution in [0.5, 0.6) is 0 Å². The maximum Gasteiger partial charge on any atom is 0.337 e. The van der Waals surface area contributed by atoms with Crippen LogP contribution in [-0.4, -0.2) is 38.0 Å². The molecule has 1 N–H and O–H groups in total. The molecule has 21 heavy (non-hydrogen) atoms. The number of benzene rings is 1. The normalized spacial score (nSPS) is 9.86. The third kappa shape index (κ3) is 4.91. The van der Waals surface area contributed by atoms with Crippen molar-refractivity contribution in [3.05, 3.63) is 29.8 Å². The molecule has 0 saturated heterocycles. The summed E-state index contributed by atoms with van der Waals surface area (Å²) in [5.74, 6) is -1.00. The predicted octanol–water partition coefficient (Wildman–Crippen LogP) is 1.35. The first-order valence-electron chi connectivity index (χ1n) is 6.72. The summed E-state index contributed by atoms with van der Waals surface area (Å²) in [7, 11) is 1.29. The van der Waals surface area contributed by atoms with E-state index in [2.05, 4.69) is 10.1 Å². The number of hydrogen-bond donors (Lipinski definition) is 1. The first-order chi connectivity index (χ1) is 9.99. The summed E-state index contributed by atoms with van der Waals surface area (Å²) in [5.41, 5.74) is 0.812. The molecular formula is C15H20N2O4. The van der Waals surface area contributed by atoms with E-state index in [1.165, 1.54) is 25.0 Å². The van der Waals surface area contributed by atoms with E-state index in [4.69, 9.17) is 0 Å². The molecule has 0 unspecified atom stereocenters. The van der Waals surface area contributed by atoms with Gasteiger partial charge >= 0.3 is 5.97 Å². The minimum absolute atomic E-state index is 0.0834. The Bertz CT molecular complexity index is 528. The maximum atomic E-state index is 11.8. The second kappa shape index (κ2) is 8.04. The van der Waals surface area contributed by atoms with Crippen LogP contribution in [0.4, 0.5) is 5.69 Å². The fraction of sp³-hybridized carbons (Fsp3) is 0.400. The van der Waals surface area contributed by atoms with Crippen LogP contribution in [0, 0.1) is 0 Å². The van der Waals surface area contributed by atoms with Gasteiger partial charge in [0.05, 0.1) is 12.7 Å². The second-order valence-corrected chi connectivity index (χ2v) is 4.50. The zero-order valence-electron chi connectivity index (χ0n) is 12.5. The smallest absolute Gasteiger partial charge is 0.337 e. The predicted molar refractivity (Wildman–Crippen MR) is 79.1 cm³/mol. The number of methoxy groups -OCH3 is 1. The van der Waals surface area contributed by atoms with E-state index in [0.29, 0.717) is 17.8 Å². The maximum absolute atomic E-state index is 11.8. The quantitative estimate of drug-likeness (QED) is 0.803. The summed E-state index contributed by atoms with van der Waals surface area (Å²) in [6.45, 7) is 3.80. The zero-order chi connectivity index (χ0) is 15.8. The number of nitrogens with one attached hydrogen (secondary N) is 1. The van der Waals surface area contributed by atoms with E-state index in [-0.39, 0.29) is 18.4 Å². The molecule has 1 rings (SSSR count). The Balaban J connectivity index is 2.93. The van der Waals surface area contributed by atoms with Crippen molar-refractivity contribution >= 4 is 23.5 Å². The Morgan fingerprint density at radius 2 is 2.00 bits per heavy atom. The molecule has 0 spiro atoms. The van der Waals surface area contributed by atoms with Crippen molar-refractivity contribution in [3.63, 3.8) is 0 Å². The van der Waals surface area contributed by atoms with Crippen LogP contribution in [0.3, 0.4) is 0 Å². The zero-order valence-corrected chi connectivity index (χ0v) is 12.5. The largest absolute Gasteiger partial charge is 0.465 e. The molecule has 0 aliphatic heterocycles. The molecular weight excluding hydrogens is 272 g/mol. The average molecular weight is 292 g/mol. The molecule has 1 aromatic carbocycles. The van der Waals surface area contributed by atoms with Crippen LogP contribution in [0.1, 0.15) is 30.6 Å². The van der Waals surface area contributed by atoms with Gasteiger partial charge in [-0.3, -0.25) is 9.59 Å². The first-order valence-corrected chi connectivity index (χ1v) is 6.72. The number of nitrogens with zero attached hydrogens (tertiary/aromatic N) is 1. The van der Waals surface area contributed by atoms with E-state index in [9.17, 15) is 14.4 Å². The molecule has 0 bridgehead atoms. The Kier molecular flexibility index (Phi) is 6.39. The monoisotopic (exact) mass is 292 g/mol. The Morgan fingerprint density at radius 3 is 2.57 bits per heavy atom. The SMILES string of the molecule is CCCNC(=O)CN(C(C)=O)c1cccc(C(=O)OC)c1. The summed E-state index contributed by atoms with van der Waals surface area (Å²) < 4.78 is 4.64. The standard InChI is InChI=1S/C15H20N2O4/c1-4-8-16-14(19)10-17(11(2)18)13-7-5-6-12(9-13)15(20)21-3/h5-7,9H,4,8,10H2,1-3H3,(H,16,19). The minimum Gasteiger partial charge on any atom is -0.465 e. The highest BCUT2D eigenvalue weighted by Gasteiger charge is 2.17. The van der Waals surface area contributed by atoms with Gasteiger partial charge < -0.3 is 15.0 Å². The molecule has 1 aromatic rings. The molecule has 0 atom stereocenters. The number of hydrogen-bond acceptors (Lipinski definition) is 4. The van der Waals surface area contributed by atoms with Gasteiger partial charge in [-0.25, -0.2) is 4.79 Å². The molecule has 114 valence electrons. The van der Waals surface area contributed by atoms with E-state index < -0.39 is 5.97 Å². The molecule has 0 aliphatic carbocycles. The van der Waals surface area contributed by atoms with Crippen molar-refractivity contribution in [2.24, 2.45) is 0 Å². The Morgan fingerprint density at radius 1 is 1.29 bits per heavy atom. The van der Waals surface area contributed by atoms with Gasteiger partial charge in [-0.1, -0.05) is 13.0 Å². The van der Waals surface area contributed by atoms with Crippen LogP contribution in [-0.2, 0) is 14.3 Å². The molecule has 6 nitrogen and oxygen atoms in total. The third-order valence-corrected chi connectivity index (χ3v) is 2.83. The van der Waals surface area contributed by atoms with Crippen molar-refractivity contribution in [2.75, 3.05) is 25.1 Å². The highest BCUT2D eigenvalue weighted by Crippen LogP contribution is 2.17. The van der Waals surface area contributed by atoms with Gasteiger partial charge in [0.1, 0.15) is 6.54 Å². The minimum atomic E-state index is -0.490. The summed E-state index contributed by atoms with van der Waals surface area (Å²) in [4.78, 5) is 36.3. The van der Waals surface area contributed by atoms with Crippen LogP contribution in [0.15, 0.2) is 24.3 Å². The molecule has 0 radical (unpaired) electrons. The van der Waals surface area contributed by atoms with Crippen LogP contribution in [0.2, 0.25) is 0 Å². The van der Waals surface area contributed by atoms with Gasteiger partial charge in [0, 0.05) is 19.2 Å². The highest BCUT2D eigenvalue weighted by molar-refractivity contribution is 5.99. The Labute approximate surface area is 124 Å². The molecule has 2 amide bonds. The molecule has 0 aliphatic rings. The summed E-state index contributed by atoms with van der Waals surface area (Å²) in [5, 5.41) is 2.71. The van der Waals surface area contributed by atoms with Gasteiger partial charge in [-0.15, -0.1) is 0 Å². The molecule has 0 saturated carbocycles. The van der Waals surface area contributed by atoms with Crippen LogP contribution < -0.4 is 10.2 Å². The topological polar surface area (TPSA) is 75.7 Å². The number of esters is 1. The van der Waals surface area contributed by atoms with E-state index in [1.54, 1.807) is 18.2 Å². The molecule has 0 aromatic heterocycles. The number of ether oxygens (including phenoxy) is 1. The van der Waals surface area contributed by atoms with Crippen LogP contribution in [0.25, 0.3) is 0 Å². The first kappa shape index (κ1) is 16.7. The van der Waals surface area contributed by atoms with Gasteiger partial charge in [-0.2, -0.15) is 0 Å². The van der Waals surface area contributed by atoms with Crippen molar-refractivity contribution < 1.29 is 19.1 Å². The highest BCUT2D eigenvalue weighted by atomic mass is 16.5. The van der Waals surface area contributed by atoms with Gasteiger partial charge in [0.2, 0.25) is 11.8 Å². The lowest BCUT2D eigenvalue weighted by Crippen LogP contribution is -2.40. The van der Waals surface area contributed by atoms with E-state index >= 15 is 0 Å². The summed E-state index contributed by atoms with van der Waals surface area (Å²) in [6.07, 6.45) is 0.823. The van der Waals surface area contributed by atoms with Gasteiger partial charge in [0.25, 0.3) is 0 Å². The molecule has 6 heteroatoms. The van der Waals surface area contributed by atoms with Crippen molar-refractivity contribution in [3.8, 4) is 0 Å². The number of carbonyl (C=O) groups excluding carboxylic acids is 3. The Hall–Kier alpha value is -2.37. The lowest BCUT2D eigenvalue weighted by atomic mass is 10.2. The van der Waals surface area contributed by atoms with E-state index in [1.807, 2.05) is 6.92 Å². The number of anilines is 1. The number of carbonyl (C=O) groups is 3. The summed E-state index contributed by atoms with van der Waals surface area (Å²) >= 11 is 0. The molecule has 0 heterocycles. The average Bonchev–Trinajstić information content (AvgIpc) is 2.49. The molecule has 0 fully saturated rings. The van der Waals surface area contributed by atoms with Crippen molar-refractivity contribution in [2.45, 2.75) is 20.3 Å². The van der Waals surface area contributed by atoms with Crippen molar-refractivity contribution in [1.29, 1.82) is 0 Å². The lowest BCUT2D eigenvalue weighted by Gasteiger charge is -2.21. The number of rotatable bonds is 6. The van der Waals surface area contributed by atoms with Crippen LogP contribution >= 0.6 is 0 Å². The fourth-order valence-electron chi connectivity index (χ4n) is 1.77. The second-order valence-electron chi connectivity index (χ2n) is 4.50. The summed E-state index contributed by atoms with van der Waals surface area (Å²) in [6, 6.07) is 6.42. The van der Waals surface area contributed by atoms with Gasteiger partial charge in [0.15, 0.2) is 0 Å². The fourth-order valence-corrected chi connectivity index (χ4v) is 1.77. The van der Waals surface area contributed by atoms with Gasteiger partial charge in [-0.05, 0) is 24.6 Å². The van der Waals surface area contributed by atoms with E-state index in [0.717, 1.165) is 6.42 Å².